The zero-order chi connectivity index (χ0) is 11.5. The first-order chi connectivity index (χ1) is 7.66. The van der Waals surface area contributed by atoms with Gasteiger partial charge in [-0.15, -0.1) is 12.4 Å². The van der Waals surface area contributed by atoms with E-state index >= 15 is 0 Å². The van der Waals surface area contributed by atoms with E-state index in [1.54, 1.807) is 24.3 Å². The quantitative estimate of drug-likeness (QED) is 0.790. The van der Waals surface area contributed by atoms with E-state index in [0.717, 1.165) is 6.42 Å². The van der Waals surface area contributed by atoms with Gasteiger partial charge in [-0.2, -0.15) is 0 Å². The number of benzene rings is 1. The number of halogens is 1. The van der Waals surface area contributed by atoms with Gasteiger partial charge in [0.1, 0.15) is 0 Å². The van der Waals surface area contributed by atoms with Crippen molar-refractivity contribution in [3.05, 3.63) is 29.8 Å². The highest BCUT2D eigenvalue weighted by molar-refractivity contribution is 5.95. The van der Waals surface area contributed by atoms with Gasteiger partial charge in [-0.1, -0.05) is 6.07 Å². The maximum absolute atomic E-state index is 11.9. The molecule has 1 fully saturated rings. The number of anilines is 1. The molecule has 0 aromatic heterocycles. The van der Waals surface area contributed by atoms with Gasteiger partial charge in [0, 0.05) is 17.9 Å². The van der Waals surface area contributed by atoms with Crippen LogP contribution in [0.3, 0.4) is 0 Å². The minimum Gasteiger partial charge on any atom is -0.399 e. The standard InChI is InChI=1S/C12H16N2O2.ClH/c1-8-11(5-6-16-8)14-12(15)9-3-2-4-10(13)7-9;/h2-4,7-8,11H,5-6,13H2,1H3,(H,14,15);1H. The molecule has 1 aliphatic rings. The van der Waals surface area contributed by atoms with Crippen LogP contribution in [0.1, 0.15) is 23.7 Å². The summed E-state index contributed by atoms with van der Waals surface area (Å²) in [6.45, 7) is 2.68. The van der Waals surface area contributed by atoms with Crippen molar-refractivity contribution in [1.29, 1.82) is 0 Å². The highest BCUT2D eigenvalue weighted by Crippen LogP contribution is 2.14. The molecular formula is C12H17ClN2O2. The summed E-state index contributed by atoms with van der Waals surface area (Å²) in [4.78, 5) is 11.9. The van der Waals surface area contributed by atoms with E-state index in [1.165, 1.54) is 0 Å². The zero-order valence-corrected chi connectivity index (χ0v) is 10.5. The Morgan fingerprint density at radius 2 is 2.29 bits per heavy atom. The summed E-state index contributed by atoms with van der Waals surface area (Å²) >= 11 is 0. The fourth-order valence-corrected chi connectivity index (χ4v) is 1.85. The number of amides is 1. The number of ether oxygens (including phenoxy) is 1. The molecule has 5 heteroatoms. The smallest absolute Gasteiger partial charge is 0.251 e. The second-order valence-corrected chi connectivity index (χ2v) is 4.07. The number of rotatable bonds is 2. The molecule has 0 saturated carbocycles. The SMILES string of the molecule is CC1OCCC1NC(=O)c1cccc(N)c1.Cl. The van der Waals surface area contributed by atoms with Crippen LogP contribution in [0.2, 0.25) is 0 Å². The predicted octanol–water partition coefficient (Wildman–Crippen LogP) is 1.60. The van der Waals surface area contributed by atoms with Crippen molar-refractivity contribution in [2.24, 2.45) is 0 Å². The Morgan fingerprint density at radius 3 is 2.88 bits per heavy atom. The summed E-state index contributed by atoms with van der Waals surface area (Å²) in [6, 6.07) is 7.08. The number of hydrogen-bond acceptors (Lipinski definition) is 3. The lowest BCUT2D eigenvalue weighted by Crippen LogP contribution is -2.39. The van der Waals surface area contributed by atoms with E-state index in [4.69, 9.17) is 10.5 Å². The van der Waals surface area contributed by atoms with Crippen LogP contribution in [-0.4, -0.2) is 24.7 Å². The fourth-order valence-electron chi connectivity index (χ4n) is 1.85. The Kier molecular flexibility index (Phi) is 4.78. The molecule has 94 valence electrons. The summed E-state index contributed by atoms with van der Waals surface area (Å²) in [7, 11) is 0. The fraction of sp³-hybridized carbons (Fsp3) is 0.417. The molecule has 17 heavy (non-hydrogen) atoms. The molecule has 1 aromatic carbocycles. The largest absolute Gasteiger partial charge is 0.399 e. The minimum atomic E-state index is -0.0883. The zero-order valence-electron chi connectivity index (χ0n) is 9.68. The number of nitrogen functional groups attached to an aromatic ring is 1. The maximum atomic E-state index is 11.9. The lowest BCUT2D eigenvalue weighted by Gasteiger charge is -2.16. The molecule has 0 aliphatic carbocycles. The van der Waals surface area contributed by atoms with Crippen molar-refractivity contribution >= 4 is 24.0 Å². The van der Waals surface area contributed by atoms with Gasteiger partial charge in [0.2, 0.25) is 0 Å². The van der Waals surface area contributed by atoms with E-state index in [-0.39, 0.29) is 30.5 Å². The van der Waals surface area contributed by atoms with Crippen LogP contribution in [0.5, 0.6) is 0 Å². The number of carbonyl (C=O) groups is 1. The predicted molar refractivity (Wildman–Crippen MR) is 69.4 cm³/mol. The van der Waals surface area contributed by atoms with Crippen molar-refractivity contribution in [2.45, 2.75) is 25.5 Å². The lowest BCUT2D eigenvalue weighted by atomic mass is 10.1. The summed E-state index contributed by atoms with van der Waals surface area (Å²) in [5.41, 5.74) is 6.82. The third-order valence-electron chi connectivity index (χ3n) is 2.84. The lowest BCUT2D eigenvalue weighted by molar-refractivity contribution is 0.0866. The molecule has 1 heterocycles. The third kappa shape index (κ3) is 3.35. The molecule has 2 atom stereocenters. The molecule has 1 saturated heterocycles. The number of hydrogen-bond donors (Lipinski definition) is 2. The summed E-state index contributed by atoms with van der Waals surface area (Å²) < 4.78 is 5.39. The summed E-state index contributed by atoms with van der Waals surface area (Å²) in [6.07, 6.45) is 0.958. The van der Waals surface area contributed by atoms with E-state index in [1.807, 2.05) is 6.92 Å². The Labute approximate surface area is 107 Å². The first-order valence-corrected chi connectivity index (χ1v) is 5.45. The molecule has 0 spiro atoms. The average Bonchev–Trinajstić information content (AvgIpc) is 2.64. The van der Waals surface area contributed by atoms with Gasteiger partial charge in [-0.05, 0) is 31.5 Å². The molecule has 2 unspecified atom stereocenters. The molecule has 3 N–H and O–H groups in total. The van der Waals surface area contributed by atoms with E-state index in [2.05, 4.69) is 5.32 Å². The third-order valence-corrected chi connectivity index (χ3v) is 2.84. The minimum absolute atomic E-state index is 0. The van der Waals surface area contributed by atoms with Crippen molar-refractivity contribution in [3.8, 4) is 0 Å². The van der Waals surface area contributed by atoms with Gasteiger partial charge in [-0.3, -0.25) is 4.79 Å². The highest BCUT2D eigenvalue weighted by Gasteiger charge is 2.25. The van der Waals surface area contributed by atoms with Crippen LogP contribution in [-0.2, 0) is 4.74 Å². The van der Waals surface area contributed by atoms with Crippen LogP contribution >= 0.6 is 12.4 Å². The molecule has 2 rings (SSSR count). The number of nitrogens with one attached hydrogen (secondary N) is 1. The van der Waals surface area contributed by atoms with Gasteiger partial charge >= 0.3 is 0 Å². The first-order valence-electron chi connectivity index (χ1n) is 5.45. The Balaban J connectivity index is 0.00000144. The Morgan fingerprint density at radius 1 is 1.53 bits per heavy atom. The number of nitrogens with two attached hydrogens (primary N) is 1. The topological polar surface area (TPSA) is 64.3 Å². The van der Waals surface area contributed by atoms with Gasteiger partial charge in [0.05, 0.1) is 12.1 Å². The monoisotopic (exact) mass is 256 g/mol. The maximum Gasteiger partial charge on any atom is 0.251 e. The van der Waals surface area contributed by atoms with Gasteiger partial charge in [0.15, 0.2) is 0 Å². The molecule has 0 bridgehead atoms. The van der Waals surface area contributed by atoms with E-state index in [0.29, 0.717) is 17.9 Å². The molecular weight excluding hydrogens is 240 g/mol. The van der Waals surface area contributed by atoms with Crippen molar-refractivity contribution in [2.75, 3.05) is 12.3 Å². The molecule has 1 aliphatic heterocycles. The van der Waals surface area contributed by atoms with E-state index < -0.39 is 0 Å². The van der Waals surface area contributed by atoms with Crippen molar-refractivity contribution in [3.63, 3.8) is 0 Å². The van der Waals surface area contributed by atoms with E-state index in [9.17, 15) is 4.79 Å². The van der Waals surface area contributed by atoms with Crippen molar-refractivity contribution in [1.82, 2.24) is 5.32 Å². The normalized spacial score (nSPS) is 22.9. The van der Waals surface area contributed by atoms with Gasteiger partial charge < -0.3 is 15.8 Å². The van der Waals surface area contributed by atoms with Crippen LogP contribution in [0, 0.1) is 0 Å². The first kappa shape index (κ1) is 13.8. The van der Waals surface area contributed by atoms with Crippen LogP contribution in [0.15, 0.2) is 24.3 Å². The second kappa shape index (κ2) is 5.89. The summed E-state index contributed by atoms with van der Waals surface area (Å²) in [5, 5.41) is 2.95. The Bertz CT molecular complexity index is 398. The van der Waals surface area contributed by atoms with Gasteiger partial charge in [-0.25, -0.2) is 0 Å². The van der Waals surface area contributed by atoms with Crippen LogP contribution < -0.4 is 11.1 Å². The van der Waals surface area contributed by atoms with Gasteiger partial charge in [0.25, 0.3) is 5.91 Å². The number of carbonyl (C=O) groups excluding carboxylic acids is 1. The average molecular weight is 257 g/mol. The molecule has 1 amide bonds. The van der Waals surface area contributed by atoms with Crippen molar-refractivity contribution < 1.29 is 9.53 Å². The molecule has 4 nitrogen and oxygen atoms in total. The summed E-state index contributed by atoms with van der Waals surface area (Å²) in [5.74, 6) is -0.0883. The molecule has 0 radical (unpaired) electrons. The van der Waals surface area contributed by atoms with Crippen LogP contribution in [0.25, 0.3) is 0 Å². The highest BCUT2D eigenvalue weighted by atomic mass is 35.5. The second-order valence-electron chi connectivity index (χ2n) is 4.07. The van der Waals surface area contributed by atoms with Crippen LogP contribution in [0.4, 0.5) is 5.69 Å². The Hall–Kier alpha value is -1.26. The molecule has 1 aromatic rings.